The van der Waals surface area contributed by atoms with Crippen molar-refractivity contribution in [1.82, 2.24) is 5.32 Å². The smallest absolute Gasteiger partial charge is 0.262 e. The molecule has 0 aliphatic heterocycles. The van der Waals surface area contributed by atoms with Crippen molar-refractivity contribution < 1.29 is 9.53 Å². The van der Waals surface area contributed by atoms with Crippen molar-refractivity contribution in [3.8, 4) is 5.75 Å². The largest absolute Gasteiger partial charge is 0.484 e. The number of halogens is 1. The number of anilines is 1. The predicted octanol–water partition coefficient (Wildman–Crippen LogP) is 3.08. The Balaban J connectivity index is 1.81. The van der Waals surface area contributed by atoms with Crippen LogP contribution in [0.3, 0.4) is 0 Å². The summed E-state index contributed by atoms with van der Waals surface area (Å²) in [4.78, 5) is 11.8. The molecule has 0 saturated heterocycles. The van der Waals surface area contributed by atoms with Crippen molar-refractivity contribution in [2.75, 3.05) is 19.0 Å². The lowest BCUT2D eigenvalue weighted by Gasteiger charge is -2.08. The zero-order chi connectivity index (χ0) is 15.1. The first-order chi connectivity index (χ1) is 10.2. The lowest BCUT2D eigenvalue weighted by molar-refractivity contribution is -0.118. The van der Waals surface area contributed by atoms with Crippen LogP contribution in [0.2, 0.25) is 5.02 Å². The van der Waals surface area contributed by atoms with Crippen LogP contribution in [0.1, 0.15) is 5.56 Å². The van der Waals surface area contributed by atoms with Crippen LogP contribution in [0.5, 0.6) is 5.75 Å². The topological polar surface area (TPSA) is 50.4 Å². The van der Waals surface area contributed by atoms with Crippen LogP contribution in [-0.2, 0) is 11.3 Å². The Morgan fingerprint density at radius 2 is 1.76 bits per heavy atom. The average Bonchev–Trinajstić information content (AvgIpc) is 2.49. The summed E-state index contributed by atoms with van der Waals surface area (Å²) in [6, 6.07) is 14.5. The van der Waals surface area contributed by atoms with Gasteiger partial charge in [-0.3, -0.25) is 4.79 Å². The normalized spacial score (nSPS) is 10.2. The standard InChI is InChI=1S/C16H17ClN2O2/c1-18-10-12-2-8-15(9-3-12)21-11-16(20)19-14-6-4-13(17)5-7-14/h2-9,18H,10-11H2,1H3,(H,19,20). The van der Waals surface area contributed by atoms with E-state index < -0.39 is 0 Å². The van der Waals surface area contributed by atoms with Crippen LogP contribution in [0.15, 0.2) is 48.5 Å². The van der Waals surface area contributed by atoms with Crippen LogP contribution in [0.25, 0.3) is 0 Å². The third-order valence-corrected chi connectivity index (χ3v) is 3.05. The molecule has 1 amide bonds. The van der Waals surface area contributed by atoms with Crippen LogP contribution in [-0.4, -0.2) is 19.6 Å². The Bertz CT molecular complexity index is 582. The van der Waals surface area contributed by atoms with Crippen molar-refractivity contribution >= 4 is 23.2 Å². The van der Waals surface area contributed by atoms with Gasteiger partial charge in [-0.25, -0.2) is 0 Å². The molecule has 2 rings (SSSR count). The first-order valence-corrected chi connectivity index (χ1v) is 6.97. The molecular formula is C16H17ClN2O2. The van der Waals surface area contributed by atoms with E-state index in [1.807, 2.05) is 31.3 Å². The second-order valence-corrected chi connectivity index (χ2v) is 4.95. The first kappa shape index (κ1) is 15.4. The lowest BCUT2D eigenvalue weighted by Crippen LogP contribution is -2.20. The average molecular weight is 305 g/mol. The summed E-state index contributed by atoms with van der Waals surface area (Å²) < 4.78 is 5.44. The van der Waals surface area contributed by atoms with Crippen molar-refractivity contribution in [3.63, 3.8) is 0 Å². The van der Waals surface area contributed by atoms with Gasteiger partial charge in [0.05, 0.1) is 0 Å². The zero-order valence-electron chi connectivity index (χ0n) is 11.7. The van der Waals surface area contributed by atoms with E-state index in [0.29, 0.717) is 16.5 Å². The van der Waals surface area contributed by atoms with E-state index in [1.165, 1.54) is 0 Å². The maximum absolute atomic E-state index is 11.8. The number of carbonyl (C=O) groups excluding carboxylic acids is 1. The summed E-state index contributed by atoms with van der Waals surface area (Å²) in [5.41, 5.74) is 1.85. The summed E-state index contributed by atoms with van der Waals surface area (Å²) >= 11 is 5.78. The van der Waals surface area contributed by atoms with Gasteiger partial charge in [0.1, 0.15) is 5.75 Å². The van der Waals surface area contributed by atoms with Crippen molar-refractivity contribution in [2.45, 2.75) is 6.54 Å². The van der Waals surface area contributed by atoms with E-state index in [2.05, 4.69) is 10.6 Å². The Morgan fingerprint density at radius 3 is 2.38 bits per heavy atom. The number of hydrogen-bond acceptors (Lipinski definition) is 3. The second kappa shape index (κ2) is 7.67. The molecule has 110 valence electrons. The fraction of sp³-hybridized carbons (Fsp3) is 0.188. The van der Waals surface area contributed by atoms with Crippen LogP contribution < -0.4 is 15.4 Å². The van der Waals surface area contributed by atoms with Gasteiger partial charge in [0.25, 0.3) is 5.91 Å². The second-order valence-electron chi connectivity index (χ2n) is 4.52. The number of ether oxygens (including phenoxy) is 1. The highest BCUT2D eigenvalue weighted by atomic mass is 35.5. The van der Waals surface area contributed by atoms with Gasteiger partial charge in [-0.05, 0) is 49.0 Å². The summed E-state index contributed by atoms with van der Waals surface area (Å²) in [6.07, 6.45) is 0. The zero-order valence-corrected chi connectivity index (χ0v) is 12.5. The fourth-order valence-electron chi connectivity index (χ4n) is 1.79. The maximum atomic E-state index is 11.8. The van der Waals surface area contributed by atoms with Crippen molar-refractivity contribution in [3.05, 3.63) is 59.1 Å². The third kappa shape index (κ3) is 5.10. The van der Waals surface area contributed by atoms with E-state index in [9.17, 15) is 4.79 Å². The molecular weight excluding hydrogens is 288 g/mol. The molecule has 0 aliphatic rings. The van der Waals surface area contributed by atoms with Crippen LogP contribution in [0, 0.1) is 0 Å². The molecule has 0 radical (unpaired) electrons. The van der Waals surface area contributed by atoms with E-state index in [0.717, 1.165) is 12.1 Å². The summed E-state index contributed by atoms with van der Waals surface area (Å²) in [7, 11) is 1.89. The van der Waals surface area contributed by atoms with Gasteiger partial charge in [0.15, 0.2) is 6.61 Å². The van der Waals surface area contributed by atoms with E-state index in [-0.39, 0.29) is 12.5 Å². The van der Waals surface area contributed by atoms with Crippen molar-refractivity contribution in [1.29, 1.82) is 0 Å². The minimum Gasteiger partial charge on any atom is -0.484 e. The number of carbonyl (C=O) groups is 1. The molecule has 0 bridgehead atoms. The number of benzene rings is 2. The van der Waals surface area contributed by atoms with Crippen molar-refractivity contribution in [2.24, 2.45) is 0 Å². The Kier molecular flexibility index (Phi) is 5.60. The van der Waals surface area contributed by atoms with Crippen LogP contribution in [0.4, 0.5) is 5.69 Å². The number of nitrogens with one attached hydrogen (secondary N) is 2. The SMILES string of the molecule is CNCc1ccc(OCC(=O)Nc2ccc(Cl)cc2)cc1. The monoisotopic (exact) mass is 304 g/mol. The summed E-state index contributed by atoms with van der Waals surface area (Å²) in [5.74, 6) is 0.456. The molecule has 0 aromatic heterocycles. The molecule has 0 heterocycles. The first-order valence-electron chi connectivity index (χ1n) is 6.59. The summed E-state index contributed by atoms with van der Waals surface area (Å²) in [5, 5.41) is 6.44. The van der Waals surface area contributed by atoms with Gasteiger partial charge in [0, 0.05) is 17.3 Å². The third-order valence-electron chi connectivity index (χ3n) is 2.80. The van der Waals surface area contributed by atoms with E-state index >= 15 is 0 Å². The molecule has 2 aromatic carbocycles. The van der Waals surface area contributed by atoms with Gasteiger partial charge in [-0.15, -0.1) is 0 Å². The minimum atomic E-state index is -0.211. The van der Waals surface area contributed by atoms with E-state index in [1.54, 1.807) is 24.3 Å². The lowest BCUT2D eigenvalue weighted by atomic mass is 10.2. The Morgan fingerprint density at radius 1 is 1.10 bits per heavy atom. The molecule has 0 aliphatic carbocycles. The quantitative estimate of drug-likeness (QED) is 0.862. The highest BCUT2D eigenvalue weighted by Crippen LogP contribution is 2.14. The van der Waals surface area contributed by atoms with Crippen LogP contribution >= 0.6 is 11.6 Å². The molecule has 5 heteroatoms. The van der Waals surface area contributed by atoms with Gasteiger partial charge in [-0.2, -0.15) is 0 Å². The predicted molar refractivity (Wildman–Crippen MR) is 84.8 cm³/mol. The summed E-state index contributed by atoms with van der Waals surface area (Å²) in [6.45, 7) is 0.769. The van der Waals surface area contributed by atoms with Gasteiger partial charge in [0.2, 0.25) is 0 Å². The number of amides is 1. The molecule has 4 nitrogen and oxygen atoms in total. The molecule has 0 atom stereocenters. The molecule has 0 saturated carbocycles. The van der Waals surface area contributed by atoms with Gasteiger partial charge in [-0.1, -0.05) is 23.7 Å². The maximum Gasteiger partial charge on any atom is 0.262 e. The van der Waals surface area contributed by atoms with Gasteiger partial charge < -0.3 is 15.4 Å². The molecule has 0 unspecified atom stereocenters. The minimum absolute atomic E-state index is 0.0337. The molecule has 2 aromatic rings. The highest BCUT2D eigenvalue weighted by molar-refractivity contribution is 6.30. The van der Waals surface area contributed by atoms with Gasteiger partial charge >= 0.3 is 0 Å². The Labute approximate surface area is 129 Å². The number of hydrogen-bond donors (Lipinski definition) is 2. The number of rotatable bonds is 6. The highest BCUT2D eigenvalue weighted by Gasteiger charge is 2.04. The Hall–Kier alpha value is -2.04. The molecule has 21 heavy (non-hydrogen) atoms. The van der Waals surface area contributed by atoms with E-state index in [4.69, 9.17) is 16.3 Å². The molecule has 0 spiro atoms. The fourth-order valence-corrected chi connectivity index (χ4v) is 1.91. The molecule has 2 N–H and O–H groups in total. The molecule has 0 fully saturated rings.